The zero-order chi connectivity index (χ0) is 13.3. The van der Waals surface area contributed by atoms with Crippen molar-refractivity contribution in [2.45, 2.75) is 57.0 Å². The monoisotopic (exact) mass is 253 g/mol. The number of amides is 1. The molecule has 2 aliphatic carbocycles. The summed E-state index contributed by atoms with van der Waals surface area (Å²) in [5.74, 6) is 0.757. The molecule has 2 rings (SSSR count). The van der Waals surface area contributed by atoms with Gasteiger partial charge in [0.15, 0.2) is 0 Å². The molecule has 0 aromatic heterocycles. The van der Waals surface area contributed by atoms with E-state index in [0.29, 0.717) is 18.5 Å². The van der Waals surface area contributed by atoms with Gasteiger partial charge < -0.3 is 16.4 Å². The first-order chi connectivity index (χ1) is 8.43. The van der Waals surface area contributed by atoms with Crippen LogP contribution in [0.3, 0.4) is 0 Å². The van der Waals surface area contributed by atoms with Gasteiger partial charge in [0.1, 0.15) is 5.54 Å². The molecule has 18 heavy (non-hydrogen) atoms. The van der Waals surface area contributed by atoms with E-state index in [0.717, 1.165) is 18.8 Å². The van der Waals surface area contributed by atoms with E-state index in [-0.39, 0.29) is 5.91 Å². The molecule has 2 fully saturated rings. The molecule has 2 saturated carbocycles. The van der Waals surface area contributed by atoms with Crippen LogP contribution < -0.4 is 11.5 Å². The molecule has 3 atom stereocenters. The van der Waals surface area contributed by atoms with E-state index in [4.69, 9.17) is 11.5 Å². The highest BCUT2D eigenvalue weighted by Gasteiger charge is 2.48. The van der Waals surface area contributed by atoms with Crippen LogP contribution in [0.25, 0.3) is 0 Å². The average molecular weight is 253 g/mol. The van der Waals surface area contributed by atoms with E-state index in [1.807, 2.05) is 0 Å². The normalized spacial score (nSPS) is 32.2. The van der Waals surface area contributed by atoms with Crippen LogP contribution in [0, 0.1) is 11.8 Å². The van der Waals surface area contributed by atoms with Gasteiger partial charge in [0.25, 0.3) is 0 Å². The van der Waals surface area contributed by atoms with E-state index >= 15 is 0 Å². The first-order valence-corrected chi connectivity index (χ1v) is 7.22. The maximum absolute atomic E-state index is 11.7. The molecule has 4 heteroatoms. The maximum atomic E-state index is 11.7. The lowest BCUT2D eigenvalue weighted by molar-refractivity contribution is -0.124. The van der Waals surface area contributed by atoms with Gasteiger partial charge in [-0.25, -0.2) is 0 Å². The van der Waals surface area contributed by atoms with Gasteiger partial charge in [0.05, 0.1) is 0 Å². The zero-order valence-corrected chi connectivity index (χ0v) is 11.7. The van der Waals surface area contributed by atoms with Gasteiger partial charge >= 0.3 is 0 Å². The molecular weight excluding hydrogens is 226 g/mol. The minimum Gasteiger partial charge on any atom is -0.368 e. The molecule has 0 spiro atoms. The maximum Gasteiger partial charge on any atom is 0.239 e. The minimum atomic E-state index is -0.810. The number of primary amides is 1. The second-order valence-electron chi connectivity index (χ2n) is 6.52. The van der Waals surface area contributed by atoms with Crippen molar-refractivity contribution in [2.24, 2.45) is 23.3 Å². The van der Waals surface area contributed by atoms with E-state index in [9.17, 15) is 4.79 Å². The summed E-state index contributed by atoms with van der Waals surface area (Å²) in [5.41, 5.74) is 11.0. The second-order valence-corrected chi connectivity index (χ2v) is 6.52. The third-order valence-electron chi connectivity index (χ3n) is 4.81. The van der Waals surface area contributed by atoms with Gasteiger partial charge in [-0.1, -0.05) is 19.8 Å². The molecule has 3 unspecified atom stereocenters. The van der Waals surface area contributed by atoms with Crippen molar-refractivity contribution in [1.82, 2.24) is 4.90 Å². The number of hydrogen-bond donors (Lipinski definition) is 2. The van der Waals surface area contributed by atoms with Crippen molar-refractivity contribution in [3.8, 4) is 0 Å². The van der Waals surface area contributed by atoms with Crippen molar-refractivity contribution in [1.29, 1.82) is 0 Å². The zero-order valence-electron chi connectivity index (χ0n) is 11.7. The summed E-state index contributed by atoms with van der Waals surface area (Å²) in [6.07, 6.45) is 7.16. The van der Waals surface area contributed by atoms with Crippen LogP contribution in [0.2, 0.25) is 0 Å². The van der Waals surface area contributed by atoms with E-state index in [2.05, 4.69) is 18.9 Å². The van der Waals surface area contributed by atoms with Crippen molar-refractivity contribution in [3.05, 3.63) is 0 Å². The van der Waals surface area contributed by atoms with Gasteiger partial charge in [0, 0.05) is 12.6 Å². The molecule has 2 aliphatic rings. The summed E-state index contributed by atoms with van der Waals surface area (Å²) in [5, 5.41) is 0. The van der Waals surface area contributed by atoms with Crippen LogP contribution in [0.15, 0.2) is 0 Å². The molecule has 0 aliphatic heterocycles. The molecular formula is C14H27N3O. The molecule has 4 nitrogen and oxygen atoms in total. The predicted octanol–water partition coefficient (Wildman–Crippen LogP) is 1.09. The summed E-state index contributed by atoms with van der Waals surface area (Å²) in [7, 11) is 2.09. The van der Waals surface area contributed by atoms with Crippen LogP contribution in [0.1, 0.15) is 45.4 Å². The lowest BCUT2D eigenvalue weighted by atomic mass is 9.85. The predicted molar refractivity (Wildman–Crippen MR) is 72.9 cm³/mol. The number of hydrogen-bond acceptors (Lipinski definition) is 3. The Kier molecular flexibility index (Phi) is 3.97. The third-order valence-corrected chi connectivity index (χ3v) is 4.81. The van der Waals surface area contributed by atoms with Gasteiger partial charge in [0.2, 0.25) is 5.91 Å². The van der Waals surface area contributed by atoms with Gasteiger partial charge in [-0.2, -0.15) is 0 Å². The fourth-order valence-electron chi connectivity index (χ4n) is 3.35. The fraction of sp³-hybridized carbons (Fsp3) is 0.929. The Morgan fingerprint density at radius 3 is 2.50 bits per heavy atom. The van der Waals surface area contributed by atoms with E-state index in [1.54, 1.807) is 0 Å². The first kappa shape index (κ1) is 13.8. The van der Waals surface area contributed by atoms with Crippen molar-refractivity contribution >= 4 is 5.91 Å². The van der Waals surface area contributed by atoms with E-state index in [1.165, 1.54) is 25.7 Å². The van der Waals surface area contributed by atoms with Crippen LogP contribution in [-0.2, 0) is 4.79 Å². The van der Waals surface area contributed by atoms with Crippen LogP contribution in [0.4, 0.5) is 0 Å². The summed E-state index contributed by atoms with van der Waals surface area (Å²) in [6.45, 7) is 2.93. The highest BCUT2D eigenvalue weighted by Crippen LogP contribution is 2.39. The Labute approximate surface area is 110 Å². The number of rotatable bonds is 5. The molecule has 0 aromatic rings. The molecule has 0 aromatic carbocycles. The van der Waals surface area contributed by atoms with Crippen molar-refractivity contribution in [2.75, 3.05) is 13.6 Å². The van der Waals surface area contributed by atoms with Crippen LogP contribution >= 0.6 is 0 Å². The smallest absolute Gasteiger partial charge is 0.239 e. The molecule has 1 amide bonds. The quantitative estimate of drug-likeness (QED) is 0.770. The number of nitrogens with zero attached hydrogens (tertiary/aromatic N) is 1. The Morgan fingerprint density at radius 1 is 1.33 bits per heavy atom. The number of carbonyl (C=O) groups is 1. The largest absolute Gasteiger partial charge is 0.368 e. The molecule has 0 heterocycles. The standard InChI is InChI=1S/C14H27N3O/c1-10-4-3-5-12(8-10)17(2)9-14(16,13(15)18)11-6-7-11/h10-12H,3-9,16H2,1-2H3,(H2,15,18). The lowest BCUT2D eigenvalue weighted by Crippen LogP contribution is -2.61. The summed E-state index contributed by atoms with van der Waals surface area (Å²) in [4.78, 5) is 13.9. The Hall–Kier alpha value is -0.610. The fourth-order valence-corrected chi connectivity index (χ4v) is 3.35. The molecule has 4 N–H and O–H groups in total. The van der Waals surface area contributed by atoms with Crippen LogP contribution in [0.5, 0.6) is 0 Å². The summed E-state index contributed by atoms with van der Waals surface area (Å²) in [6, 6.07) is 0.565. The topological polar surface area (TPSA) is 72.3 Å². The summed E-state index contributed by atoms with van der Waals surface area (Å²) < 4.78 is 0. The summed E-state index contributed by atoms with van der Waals surface area (Å²) >= 11 is 0. The Morgan fingerprint density at radius 2 is 2.00 bits per heavy atom. The van der Waals surface area contributed by atoms with E-state index < -0.39 is 5.54 Å². The Bertz CT molecular complexity index is 316. The van der Waals surface area contributed by atoms with Gasteiger partial charge in [-0.15, -0.1) is 0 Å². The van der Waals surface area contributed by atoms with Crippen molar-refractivity contribution in [3.63, 3.8) is 0 Å². The second kappa shape index (κ2) is 5.17. The number of nitrogens with two attached hydrogens (primary N) is 2. The lowest BCUT2D eigenvalue weighted by Gasteiger charge is -2.38. The third kappa shape index (κ3) is 2.86. The molecule has 104 valence electrons. The SMILES string of the molecule is CC1CCCC(N(C)CC(N)(C(N)=O)C2CC2)C1. The number of likely N-dealkylation sites (N-methyl/N-ethyl adjacent to an activating group) is 1. The molecule has 0 bridgehead atoms. The van der Waals surface area contributed by atoms with Crippen LogP contribution in [-0.4, -0.2) is 36.0 Å². The molecule has 0 radical (unpaired) electrons. The minimum absolute atomic E-state index is 0.304. The highest BCUT2D eigenvalue weighted by molar-refractivity contribution is 5.85. The number of carbonyl (C=O) groups excluding carboxylic acids is 1. The first-order valence-electron chi connectivity index (χ1n) is 7.22. The van der Waals surface area contributed by atoms with Gasteiger partial charge in [-0.3, -0.25) is 4.79 Å². The van der Waals surface area contributed by atoms with Gasteiger partial charge in [-0.05, 0) is 44.6 Å². The van der Waals surface area contributed by atoms with Crippen molar-refractivity contribution < 1.29 is 4.79 Å². The Balaban J connectivity index is 1.96. The average Bonchev–Trinajstić information content (AvgIpc) is 3.12. The molecule has 0 saturated heterocycles. The highest BCUT2D eigenvalue weighted by atomic mass is 16.1.